The fourth-order valence-electron chi connectivity index (χ4n) is 2.82. The SMILES string of the molecule is CCc1nn(C)cc1-c1nc2c(c(NN)n1)CCCC2. The van der Waals surface area contributed by atoms with E-state index in [0.717, 1.165) is 47.9 Å². The fourth-order valence-corrected chi connectivity index (χ4v) is 2.82. The monoisotopic (exact) mass is 272 g/mol. The van der Waals surface area contributed by atoms with E-state index in [2.05, 4.69) is 22.4 Å². The Balaban J connectivity index is 2.14. The third kappa shape index (κ3) is 2.16. The first-order chi connectivity index (χ1) is 9.72. The molecule has 20 heavy (non-hydrogen) atoms. The highest BCUT2D eigenvalue weighted by Crippen LogP contribution is 2.29. The lowest BCUT2D eigenvalue weighted by Gasteiger charge is -2.18. The normalized spacial score (nSPS) is 14.2. The maximum absolute atomic E-state index is 5.64. The van der Waals surface area contributed by atoms with Gasteiger partial charge < -0.3 is 5.43 Å². The van der Waals surface area contributed by atoms with E-state index in [4.69, 9.17) is 10.8 Å². The largest absolute Gasteiger partial charge is 0.308 e. The quantitative estimate of drug-likeness (QED) is 0.655. The zero-order chi connectivity index (χ0) is 14.1. The van der Waals surface area contributed by atoms with Gasteiger partial charge in [0.1, 0.15) is 5.82 Å². The van der Waals surface area contributed by atoms with Gasteiger partial charge in [0.2, 0.25) is 0 Å². The smallest absolute Gasteiger partial charge is 0.165 e. The van der Waals surface area contributed by atoms with Crippen molar-refractivity contribution < 1.29 is 0 Å². The van der Waals surface area contributed by atoms with Crippen molar-refractivity contribution in [3.8, 4) is 11.4 Å². The Morgan fingerprint density at radius 3 is 2.85 bits per heavy atom. The van der Waals surface area contributed by atoms with E-state index in [1.165, 1.54) is 18.4 Å². The number of nitrogens with two attached hydrogens (primary N) is 1. The molecule has 1 aliphatic carbocycles. The lowest BCUT2D eigenvalue weighted by molar-refractivity contribution is 0.664. The molecule has 3 N–H and O–H groups in total. The number of hydrogen-bond acceptors (Lipinski definition) is 5. The lowest BCUT2D eigenvalue weighted by atomic mass is 9.96. The molecule has 0 aliphatic heterocycles. The number of aryl methyl sites for hydroxylation is 3. The summed E-state index contributed by atoms with van der Waals surface area (Å²) in [5, 5.41) is 4.46. The summed E-state index contributed by atoms with van der Waals surface area (Å²) in [4.78, 5) is 9.35. The molecule has 0 saturated heterocycles. The fraction of sp³-hybridized carbons (Fsp3) is 0.500. The van der Waals surface area contributed by atoms with Crippen molar-refractivity contribution in [1.82, 2.24) is 19.7 Å². The van der Waals surface area contributed by atoms with Crippen LogP contribution in [0, 0.1) is 0 Å². The summed E-state index contributed by atoms with van der Waals surface area (Å²) in [6, 6.07) is 0. The van der Waals surface area contributed by atoms with Crippen molar-refractivity contribution in [2.24, 2.45) is 12.9 Å². The van der Waals surface area contributed by atoms with E-state index in [1.54, 1.807) is 0 Å². The van der Waals surface area contributed by atoms with E-state index in [1.807, 2.05) is 17.9 Å². The second-order valence-corrected chi connectivity index (χ2v) is 5.19. The summed E-state index contributed by atoms with van der Waals surface area (Å²) in [7, 11) is 1.92. The Morgan fingerprint density at radius 1 is 1.30 bits per heavy atom. The van der Waals surface area contributed by atoms with Gasteiger partial charge in [0.15, 0.2) is 5.82 Å². The van der Waals surface area contributed by atoms with Crippen LogP contribution in [-0.4, -0.2) is 19.7 Å². The van der Waals surface area contributed by atoms with Crippen LogP contribution in [0.2, 0.25) is 0 Å². The second-order valence-electron chi connectivity index (χ2n) is 5.19. The number of hydrogen-bond donors (Lipinski definition) is 2. The maximum atomic E-state index is 5.64. The Bertz CT molecular complexity index is 614. The van der Waals surface area contributed by atoms with Crippen LogP contribution in [0.3, 0.4) is 0 Å². The van der Waals surface area contributed by atoms with E-state index in [-0.39, 0.29) is 0 Å². The van der Waals surface area contributed by atoms with Gasteiger partial charge in [-0.05, 0) is 32.1 Å². The van der Waals surface area contributed by atoms with Crippen LogP contribution in [0.4, 0.5) is 5.82 Å². The molecule has 1 aliphatic rings. The van der Waals surface area contributed by atoms with Crippen molar-refractivity contribution in [2.75, 3.05) is 5.43 Å². The minimum absolute atomic E-state index is 0.726. The van der Waals surface area contributed by atoms with Crippen molar-refractivity contribution in [3.63, 3.8) is 0 Å². The average molecular weight is 272 g/mol. The molecule has 0 fully saturated rings. The molecule has 0 bridgehead atoms. The highest BCUT2D eigenvalue weighted by Gasteiger charge is 2.20. The Hall–Kier alpha value is -1.95. The van der Waals surface area contributed by atoms with Gasteiger partial charge in [-0.25, -0.2) is 15.8 Å². The number of fused-ring (bicyclic) bond motifs is 1. The average Bonchev–Trinajstić information content (AvgIpc) is 2.87. The number of nitrogens with zero attached hydrogens (tertiary/aromatic N) is 4. The minimum Gasteiger partial charge on any atom is -0.308 e. The number of nitrogens with one attached hydrogen (secondary N) is 1. The molecule has 0 atom stereocenters. The van der Waals surface area contributed by atoms with Gasteiger partial charge in [-0.1, -0.05) is 6.92 Å². The predicted octanol–water partition coefficient (Wildman–Crippen LogP) is 1.60. The van der Waals surface area contributed by atoms with E-state index >= 15 is 0 Å². The summed E-state index contributed by atoms with van der Waals surface area (Å²) >= 11 is 0. The molecule has 0 radical (unpaired) electrons. The van der Waals surface area contributed by atoms with Gasteiger partial charge >= 0.3 is 0 Å². The summed E-state index contributed by atoms with van der Waals surface area (Å²) in [5.41, 5.74) is 7.05. The third-order valence-corrected chi connectivity index (χ3v) is 3.80. The van der Waals surface area contributed by atoms with Crippen LogP contribution in [0.5, 0.6) is 0 Å². The summed E-state index contributed by atoms with van der Waals surface area (Å²) in [6.07, 6.45) is 7.20. The number of anilines is 1. The lowest BCUT2D eigenvalue weighted by Crippen LogP contribution is -2.17. The molecule has 6 nitrogen and oxygen atoms in total. The molecule has 2 aromatic rings. The van der Waals surface area contributed by atoms with Crippen LogP contribution in [0.25, 0.3) is 11.4 Å². The molecule has 0 aromatic carbocycles. The Kier molecular flexibility index (Phi) is 3.40. The topological polar surface area (TPSA) is 81.7 Å². The van der Waals surface area contributed by atoms with Crippen molar-refractivity contribution in [2.45, 2.75) is 39.0 Å². The molecule has 2 aromatic heterocycles. The predicted molar refractivity (Wildman–Crippen MR) is 78.1 cm³/mol. The molecular formula is C14H20N6. The standard InChI is InChI=1S/C14H20N6/c1-3-11-10(8-20(2)19-11)13-16-12-7-5-4-6-9(12)14(17-13)18-15/h8H,3-7,15H2,1-2H3,(H,16,17,18). The Labute approximate surface area is 118 Å². The highest BCUT2D eigenvalue weighted by atomic mass is 15.3. The van der Waals surface area contributed by atoms with Crippen LogP contribution in [0.1, 0.15) is 36.7 Å². The van der Waals surface area contributed by atoms with E-state index in [0.29, 0.717) is 0 Å². The molecule has 106 valence electrons. The van der Waals surface area contributed by atoms with Gasteiger partial charge in [0.25, 0.3) is 0 Å². The molecule has 0 saturated carbocycles. The molecule has 0 spiro atoms. The number of nitrogen functional groups attached to an aromatic ring is 1. The summed E-state index contributed by atoms with van der Waals surface area (Å²) in [5.74, 6) is 7.12. The molecule has 0 amide bonds. The second kappa shape index (κ2) is 5.20. The van der Waals surface area contributed by atoms with Crippen LogP contribution >= 0.6 is 0 Å². The van der Waals surface area contributed by atoms with Gasteiger partial charge in [-0.15, -0.1) is 0 Å². The minimum atomic E-state index is 0.726. The highest BCUT2D eigenvalue weighted by molar-refractivity contribution is 5.61. The van der Waals surface area contributed by atoms with E-state index < -0.39 is 0 Å². The van der Waals surface area contributed by atoms with Crippen LogP contribution in [0.15, 0.2) is 6.20 Å². The zero-order valence-electron chi connectivity index (χ0n) is 12.0. The van der Waals surface area contributed by atoms with Crippen molar-refractivity contribution >= 4 is 5.82 Å². The molecular weight excluding hydrogens is 252 g/mol. The van der Waals surface area contributed by atoms with E-state index in [9.17, 15) is 0 Å². The zero-order valence-corrected chi connectivity index (χ0v) is 12.0. The number of rotatable bonds is 3. The molecule has 6 heteroatoms. The first-order valence-corrected chi connectivity index (χ1v) is 7.12. The van der Waals surface area contributed by atoms with Gasteiger partial charge in [0, 0.05) is 24.5 Å². The summed E-state index contributed by atoms with van der Waals surface area (Å²) in [6.45, 7) is 2.09. The summed E-state index contributed by atoms with van der Waals surface area (Å²) < 4.78 is 1.81. The first kappa shape index (κ1) is 13.1. The van der Waals surface area contributed by atoms with Gasteiger partial charge in [-0.3, -0.25) is 4.68 Å². The van der Waals surface area contributed by atoms with Crippen LogP contribution in [-0.2, 0) is 26.3 Å². The number of aromatic nitrogens is 4. The maximum Gasteiger partial charge on any atom is 0.165 e. The van der Waals surface area contributed by atoms with Crippen LogP contribution < -0.4 is 11.3 Å². The first-order valence-electron chi connectivity index (χ1n) is 7.12. The number of hydrazine groups is 1. The van der Waals surface area contributed by atoms with Gasteiger partial charge in [-0.2, -0.15) is 5.10 Å². The third-order valence-electron chi connectivity index (χ3n) is 3.80. The van der Waals surface area contributed by atoms with Gasteiger partial charge in [0.05, 0.1) is 11.3 Å². The molecule has 3 rings (SSSR count). The van der Waals surface area contributed by atoms with Crippen molar-refractivity contribution in [3.05, 3.63) is 23.1 Å². The van der Waals surface area contributed by atoms with Crippen molar-refractivity contribution in [1.29, 1.82) is 0 Å². The molecule has 0 unspecified atom stereocenters. The molecule has 2 heterocycles. The Morgan fingerprint density at radius 2 is 2.10 bits per heavy atom.